The molecule has 0 amide bonds. The summed E-state index contributed by atoms with van der Waals surface area (Å²) in [4.78, 5) is 0. The standard InChI is InChI=1S/C13H17N3/c1-10(12-6-4-3-5-7-12)9-16-11(2)8-13(14)15-16/h3-8,10H,9H2,1-2H3,(H2,14,15). The Morgan fingerprint density at radius 2 is 2.00 bits per heavy atom. The van der Waals surface area contributed by atoms with Crippen LogP contribution in [-0.2, 0) is 6.54 Å². The van der Waals surface area contributed by atoms with Crippen molar-refractivity contribution in [3.8, 4) is 0 Å². The van der Waals surface area contributed by atoms with Crippen molar-refractivity contribution in [1.29, 1.82) is 0 Å². The van der Waals surface area contributed by atoms with Crippen LogP contribution < -0.4 is 5.73 Å². The molecule has 0 aliphatic carbocycles. The van der Waals surface area contributed by atoms with Crippen molar-refractivity contribution in [2.45, 2.75) is 26.3 Å². The minimum Gasteiger partial charge on any atom is -0.382 e. The molecule has 0 saturated carbocycles. The molecule has 0 saturated heterocycles. The van der Waals surface area contributed by atoms with E-state index < -0.39 is 0 Å². The second-order valence-electron chi connectivity index (χ2n) is 4.20. The van der Waals surface area contributed by atoms with Gasteiger partial charge in [0.2, 0.25) is 0 Å². The molecule has 3 heteroatoms. The van der Waals surface area contributed by atoms with Gasteiger partial charge >= 0.3 is 0 Å². The average Bonchev–Trinajstić information content (AvgIpc) is 2.59. The average molecular weight is 215 g/mol. The van der Waals surface area contributed by atoms with Crippen LogP contribution in [0, 0.1) is 6.92 Å². The molecule has 2 N–H and O–H groups in total. The van der Waals surface area contributed by atoms with Gasteiger partial charge in [-0.15, -0.1) is 0 Å². The zero-order valence-corrected chi connectivity index (χ0v) is 9.72. The minimum atomic E-state index is 0.444. The van der Waals surface area contributed by atoms with E-state index in [1.54, 1.807) is 0 Å². The predicted octanol–water partition coefficient (Wildman–Crippen LogP) is 2.58. The summed E-state index contributed by atoms with van der Waals surface area (Å²) in [6.07, 6.45) is 0. The zero-order valence-electron chi connectivity index (χ0n) is 9.72. The Bertz CT molecular complexity index is 459. The topological polar surface area (TPSA) is 43.8 Å². The summed E-state index contributed by atoms with van der Waals surface area (Å²) < 4.78 is 1.97. The molecule has 84 valence electrons. The summed E-state index contributed by atoms with van der Waals surface area (Å²) in [7, 11) is 0. The maximum atomic E-state index is 5.66. The van der Waals surface area contributed by atoms with Crippen molar-refractivity contribution < 1.29 is 0 Å². The fourth-order valence-corrected chi connectivity index (χ4v) is 1.87. The van der Waals surface area contributed by atoms with Gasteiger partial charge in [-0.05, 0) is 12.5 Å². The Hall–Kier alpha value is -1.77. The third kappa shape index (κ3) is 2.24. The van der Waals surface area contributed by atoms with Crippen molar-refractivity contribution in [3.63, 3.8) is 0 Å². The highest BCUT2D eigenvalue weighted by atomic mass is 15.3. The van der Waals surface area contributed by atoms with Gasteiger partial charge in [-0.3, -0.25) is 4.68 Å². The number of anilines is 1. The van der Waals surface area contributed by atoms with Crippen LogP contribution in [0.3, 0.4) is 0 Å². The van der Waals surface area contributed by atoms with E-state index in [1.165, 1.54) is 5.56 Å². The molecule has 0 bridgehead atoms. The van der Waals surface area contributed by atoms with Gasteiger partial charge in [-0.2, -0.15) is 5.10 Å². The molecular formula is C13H17N3. The Morgan fingerprint density at radius 1 is 1.31 bits per heavy atom. The fourth-order valence-electron chi connectivity index (χ4n) is 1.87. The van der Waals surface area contributed by atoms with Crippen LogP contribution in [-0.4, -0.2) is 9.78 Å². The lowest BCUT2D eigenvalue weighted by molar-refractivity contribution is 0.533. The van der Waals surface area contributed by atoms with Gasteiger partial charge in [-0.25, -0.2) is 0 Å². The number of aryl methyl sites for hydroxylation is 1. The van der Waals surface area contributed by atoms with Gasteiger partial charge in [0.1, 0.15) is 5.82 Å². The molecule has 0 fully saturated rings. The molecule has 1 aromatic heterocycles. The Kier molecular flexibility index (Phi) is 2.95. The number of benzene rings is 1. The second kappa shape index (κ2) is 4.39. The summed E-state index contributed by atoms with van der Waals surface area (Å²) in [6, 6.07) is 12.4. The third-order valence-electron chi connectivity index (χ3n) is 2.82. The molecule has 0 spiro atoms. The molecule has 1 unspecified atom stereocenters. The number of hydrogen-bond acceptors (Lipinski definition) is 2. The lowest BCUT2D eigenvalue weighted by Crippen LogP contribution is -2.09. The van der Waals surface area contributed by atoms with E-state index >= 15 is 0 Å². The van der Waals surface area contributed by atoms with E-state index in [4.69, 9.17) is 5.73 Å². The summed E-state index contributed by atoms with van der Waals surface area (Å²) >= 11 is 0. The lowest BCUT2D eigenvalue weighted by atomic mass is 10.0. The summed E-state index contributed by atoms with van der Waals surface area (Å²) in [5, 5.41) is 4.27. The lowest BCUT2D eigenvalue weighted by Gasteiger charge is -2.13. The van der Waals surface area contributed by atoms with Crippen LogP contribution in [0.25, 0.3) is 0 Å². The highest BCUT2D eigenvalue weighted by Crippen LogP contribution is 2.18. The highest BCUT2D eigenvalue weighted by molar-refractivity contribution is 5.29. The van der Waals surface area contributed by atoms with Gasteiger partial charge in [-0.1, -0.05) is 37.3 Å². The highest BCUT2D eigenvalue weighted by Gasteiger charge is 2.08. The first-order chi connectivity index (χ1) is 7.66. The van der Waals surface area contributed by atoms with Crippen molar-refractivity contribution in [2.75, 3.05) is 5.73 Å². The number of aromatic nitrogens is 2. The van der Waals surface area contributed by atoms with Gasteiger partial charge in [0, 0.05) is 24.2 Å². The molecule has 16 heavy (non-hydrogen) atoms. The van der Waals surface area contributed by atoms with Crippen LogP contribution in [0.15, 0.2) is 36.4 Å². The normalized spacial score (nSPS) is 12.6. The first kappa shape index (κ1) is 10.7. The van der Waals surface area contributed by atoms with Crippen molar-refractivity contribution in [2.24, 2.45) is 0 Å². The van der Waals surface area contributed by atoms with E-state index in [9.17, 15) is 0 Å². The predicted molar refractivity (Wildman–Crippen MR) is 66.2 cm³/mol. The van der Waals surface area contributed by atoms with E-state index in [2.05, 4.69) is 36.3 Å². The van der Waals surface area contributed by atoms with Crippen LogP contribution in [0.5, 0.6) is 0 Å². The molecule has 0 aliphatic rings. The Labute approximate surface area is 95.9 Å². The number of nitrogens with zero attached hydrogens (tertiary/aromatic N) is 2. The zero-order chi connectivity index (χ0) is 11.5. The second-order valence-corrected chi connectivity index (χ2v) is 4.20. The van der Waals surface area contributed by atoms with E-state index in [1.807, 2.05) is 23.7 Å². The van der Waals surface area contributed by atoms with Gasteiger partial charge in [0.25, 0.3) is 0 Å². The monoisotopic (exact) mass is 215 g/mol. The molecule has 2 aromatic rings. The molecule has 3 nitrogen and oxygen atoms in total. The Morgan fingerprint density at radius 3 is 2.56 bits per heavy atom. The van der Waals surface area contributed by atoms with E-state index in [0.29, 0.717) is 11.7 Å². The third-order valence-corrected chi connectivity index (χ3v) is 2.82. The largest absolute Gasteiger partial charge is 0.382 e. The van der Waals surface area contributed by atoms with E-state index in [0.717, 1.165) is 12.2 Å². The molecule has 0 radical (unpaired) electrons. The quantitative estimate of drug-likeness (QED) is 0.855. The summed E-state index contributed by atoms with van der Waals surface area (Å²) in [5.41, 5.74) is 8.10. The van der Waals surface area contributed by atoms with Crippen molar-refractivity contribution in [3.05, 3.63) is 47.7 Å². The van der Waals surface area contributed by atoms with Gasteiger partial charge < -0.3 is 5.73 Å². The maximum Gasteiger partial charge on any atom is 0.145 e. The number of rotatable bonds is 3. The van der Waals surface area contributed by atoms with E-state index in [-0.39, 0.29) is 0 Å². The molecule has 1 heterocycles. The van der Waals surface area contributed by atoms with Crippen LogP contribution in [0.2, 0.25) is 0 Å². The number of hydrogen-bond donors (Lipinski definition) is 1. The first-order valence-corrected chi connectivity index (χ1v) is 5.51. The first-order valence-electron chi connectivity index (χ1n) is 5.51. The summed E-state index contributed by atoms with van der Waals surface area (Å²) in [5.74, 6) is 1.04. The van der Waals surface area contributed by atoms with Gasteiger partial charge in [0.15, 0.2) is 0 Å². The fraction of sp³-hybridized carbons (Fsp3) is 0.308. The summed E-state index contributed by atoms with van der Waals surface area (Å²) in [6.45, 7) is 5.10. The number of nitrogen functional groups attached to an aromatic ring is 1. The minimum absolute atomic E-state index is 0.444. The smallest absolute Gasteiger partial charge is 0.145 e. The molecule has 2 rings (SSSR count). The number of nitrogens with two attached hydrogens (primary N) is 1. The molecular weight excluding hydrogens is 198 g/mol. The molecule has 1 atom stereocenters. The molecule has 1 aromatic carbocycles. The molecule has 0 aliphatic heterocycles. The van der Waals surface area contributed by atoms with Crippen LogP contribution in [0.4, 0.5) is 5.82 Å². The maximum absolute atomic E-state index is 5.66. The van der Waals surface area contributed by atoms with Crippen LogP contribution in [0.1, 0.15) is 24.1 Å². The van der Waals surface area contributed by atoms with Crippen LogP contribution >= 0.6 is 0 Å². The van der Waals surface area contributed by atoms with Gasteiger partial charge in [0.05, 0.1) is 0 Å². The van der Waals surface area contributed by atoms with Crippen molar-refractivity contribution >= 4 is 5.82 Å². The SMILES string of the molecule is Cc1cc(N)nn1CC(C)c1ccccc1. The van der Waals surface area contributed by atoms with Crippen molar-refractivity contribution in [1.82, 2.24) is 9.78 Å². The Balaban J connectivity index is 2.14.